The molecule has 0 N–H and O–H groups in total. The second-order valence-corrected chi connectivity index (χ2v) is 6.55. The highest BCUT2D eigenvalue weighted by Crippen LogP contribution is 2.34. The van der Waals surface area contributed by atoms with Crippen LogP contribution in [-0.2, 0) is 9.53 Å². The Labute approximate surface area is 140 Å². The molecule has 128 valence electrons. The number of morpholine rings is 1. The van der Waals surface area contributed by atoms with E-state index in [2.05, 4.69) is 11.1 Å². The molecule has 3 aliphatic rings. The van der Waals surface area contributed by atoms with Crippen LogP contribution >= 0.6 is 0 Å². The predicted octanol–water partition coefficient (Wildman–Crippen LogP) is 2.47. The first-order valence-electron chi connectivity index (χ1n) is 8.63. The van der Waals surface area contributed by atoms with E-state index in [0.717, 1.165) is 37.7 Å². The molecule has 0 bridgehead atoms. The van der Waals surface area contributed by atoms with Gasteiger partial charge in [0.2, 0.25) is 5.91 Å². The molecule has 0 radical (unpaired) electrons. The summed E-state index contributed by atoms with van der Waals surface area (Å²) in [4.78, 5) is 18.6. The maximum atomic E-state index is 13.8. The van der Waals surface area contributed by atoms with Gasteiger partial charge in [-0.2, -0.15) is 0 Å². The van der Waals surface area contributed by atoms with Gasteiger partial charge in [-0.3, -0.25) is 4.79 Å². The molecule has 2 aliphatic carbocycles. The molecule has 1 amide bonds. The van der Waals surface area contributed by atoms with E-state index in [1.165, 1.54) is 18.3 Å². The molecule has 1 aromatic heterocycles. The highest BCUT2D eigenvalue weighted by molar-refractivity contribution is 5.94. The van der Waals surface area contributed by atoms with E-state index in [0.29, 0.717) is 13.2 Å². The number of allylic oxidation sites excluding steroid dienone is 1. The van der Waals surface area contributed by atoms with Gasteiger partial charge >= 0.3 is 0 Å². The lowest BCUT2D eigenvalue weighted by molar-refractivity contribution is -0.143. The second kappa shape index (κ2) is 6.51. The van der Waals surface area contributed by atoms with Gasteiger partial charge in [0.1, 0.15) is 12.2 Å². The zero-order valence-corrected chi connectivity index (χ0v) is 13.5. The van der Waals surface area contributed by atoms with Crippen molar-refractivity contribution in [2.45, 2.75) is 50.4 Å². The molecular formula is C18H21FN2O3. The summed E-state index contributed by atoms with van der Waals surface area (Å²) in [5.41, 5.74) is 0.927. The summed E-state index contributed by atoms with van der Waals surface area (Å²) in [6.45, 7) is 1.10. The van der Waals surface area contributed by atoms with Crippen LogP contribution in [0.3, 0.4) is 0 Å². The molecular weight excluding hydrogens is 311 g/mol. The summed E-state index contributed by atoms with van der Waals surface area (Å²) in [5.74, 6) is -0.329. The number of ether oxygens (including phenoxy) is 2. The molecule has 24 heavy (non-hydrogen) atoms. The lowest BCUT2D eigenvalue weighted by atomic mass is 10.1. The number of amides is 1. The van der Waals surface area contributed by atoms with E-state index in [1.54, 1.807) is 0 Å². The topological polar surface area (TPSA) is 51.7 Å². The molecule has 0 spiro atoms. The molecule has 1 saturated carbocycles. The Morgan fingerprint density at radius 3 is 3.12 bits per heavy atom. The molecule has 6 heteroatoms. The van der Waals surface area contributed by atoms with Gasteiger partial charge in [-0.05, 0) is 44.2 Å². The average molecular weight is 332 g/mol. The Balaban J connectivity index is 1.48. The predicted molar refractivity (Wildman–Crippen MR) is 85.0 cm³/mol. The van der Waals surface area contributed by atoms with E-state index in [9.17, 15) is 9.18 Å². The van der Waals surface area contributed by atoms with Gasteiger partial charge in [0.25, 0.3) is 5.88 Å². The van der Waals surface area contributed by atoms with Crippen LogP contribution in [0.25, 0.3) is 0 Å². The first-order chi connectivity index (χ1) is 11.7. The molecule has 1 aromatic rings. The Bertz CT molecular complexity index is 663. The van der Waals surface area contributed by atoms with Crippen molar-refractivity contribution in [1.29, 1.82) is 0 Å². The van der Waals surface area contributed by atoms with Gasteiger partial charge in [0.15, 0.2) is 5.82 Å². The van der Waals surface area contributed by atoms with Crippen molar-refractivity contribution in [2.24, 2.45) is 0 Å². The Morgan fingerprint density at radius 1 is 1.42 bits per heavy atom. The molecule has 3 atom stereocenters. The minimum atomic E-state index is -0.471. The quantitative estimate of drug-likeness (QED) is 0.853. The van der Waals surface area contributed by atoms with Crippen LogP contribution in [0.4, 0.5) is 4.39 Å². The van der Waals surface area contributed by atoms with Crippen LogP contribution in [0.15, 0.2) is 30.0 Å². The summed E-state index contributed by atoms with van der Waals surface area (Å²) >= 11 is 0. The standard InChI is InChI=1S/C18H21FN2O3/c19-13-6-3-9-20-17(13)24-15-8-7-14-16(15)23-11-10-21(14)18(22)12-4-1-2-5-12/h3-4,6,9,14-16H,1-2,5,7-8,10-11H2/t14-,15-,16+/m0/s1. The number of pyridine rings is 1. The number of carbonyl (C=O) groups excluding carboxylic acids is 1. The zero-order valence-electron chi connectivity index (χ0n) is 13.5. The number of nitrogens with zero attached hydrogens (tertiary/aromatic N) is 2. The summed E-state index contributed by atoms with van der Waals surface area (Å²) in [6, 6.07) is 2.87. The number of carbonyl (C=O) groups is 1. The van der Waals surface area contributed by atoms with Crippen LogP contribution < -0.4 is 4.74 Å². The number of aromatic nitrogens is 1. The van der Waals surface area contributed by atoms with Crippen molar-refractivity contribution in [3.8, 4) is 5.88 Å². The molecule has 1 saturated heterocycles. The first kappa shape index (κ1) is 15.6. The summed E-state index contributed by atoms with van der Waals surface area (Å²) in [5, 5.41) is 0. The summed E-state index contributed by atoms with van der Waals surface area (Å²) in [6.07, 6.45) is 7.53. The van der Waals surface area contributed by atoms with E-state index in [4.69, 9.17) is 9.47 Å². The van der Waals surface area contributed by atoms with Crippen molar-refractivity contribution in [3.05, 3.63) is 35.8 Å². The Hall–Kier alpha value is -1.95. The molecule has 1 aliphatic heterocycles. The van der Waals surface area contributed by atoms with Crippen LogP contribution in [0.2, 0.25) is 0 Å². The fourth-order valence-electron chi connectivity index (χ4n) is 3.94. The fourth-order valence-corrected chi connectivity index (χ4v) is 3.94. The smallest absolute Gasteiger partial charge is 0.250 e. The molecule has 2 fully saturated rings. The minimum absolute atomic E-state index is 0.00419. The van der Waals surface area contributed by atoms with Gasteiger partial charge in [-0.15, -0.1) is 0 Å². The summed E-state index contributed by atoms with van der Waals surface area (Å²) < 4.78 is 25.4. The fraction of sp³-hybridized carbons (Fsp3) is 0.556. The molecule has 5 nitrogen and oxygen atoms in total. The Kier molecular flexibility index (Phi) is 4.22. The SMILES string of the molecule is O=C(C1=CCCC1)N1CCO[C@H]2[C@@H](Oc3ncccc3F)CC[C@@H]21. The number of rotatable bonds is 3. The number of hydrogen-bond acceptors (Lipinski definition) is 4. The third kappa shape index (κ3) is 2.79. The zero-order chi connectivity index (χ0) is 16.5. The van der Waals surface area contributed by atoms with Gasteiger partial charge in [0, 0.05) is 18.3 Å². The lowest BCUT2D eigenvalue weighted by Gasteiger charge is -2.39. The normalized spacial score (nSPS) is 29.3. The molecule has 0 unspecified atom stereocenters. The van der Waals surface area contributed by atoms with Crippen molar-refractivity contribution >= 4 is 5.91 Å². The van der Waals surface area contributed by atoms with Crippen LogP contribution in [0.5, 0.6) is 5.88 Å². The largest absolute Gasteiger partial charge is 0.469 e. The van der Waals surface area contributed by atoms with Crippen molar-refractivity contribution in [3.63, 3.8) is 0 Å². The third-order valence-electron chi connectivity index (χ3n) is 5.10. The number of halogens is 1. The highest BCUT2D eigenvalue weighted by Gasteiger charge is 2.46. The first-order valence-corrected chi connectivity index (χ1v) is 8.63. The van der Waals surface area contributed by atoms with E-state index in [1.807, 2.05) is 4.90 Å². The molecule has 0 aromatic carbocycles. The molecule has 4 rings (SSSR count). The average Bonchev–Trinajstić information content (AvgIpc) is 3.26. The van der Waals surface area contributed by atoms with Crippen molar-refractivity contribution in [2.75, 3.05) is 13.2 Å². The maximum absolute atomic E-state index is 13.8. The van der Waals surface area contributed by atoms with E-state index in [-0.39, 0.29) is 30.0 Å². The minimum Gasteiger partial charge on any atom is -0.469 e. The Morgan fingerprint density at radius 2 is 2.33 bits per heavy atom. The van der Waals surface area contributed by atoms with Crippen LogP contribution in [-0.4, -0.2) is 47.2 Å². The lowest BCUT2D eigenvalue weighted by Crippen LogP contribution is -2.54. The maximum Gasteiger partial charge on any atom is 0.250 e. The van der Waals surface area contributed by atoms with Gasteiger partial charge in [0.05, 0.1) is 12.6 Å². The monoisotopic (exact) mass is 332 g/mol. The van der Waals surface area contributed by atoms with E-state index >= 15 is 0 Å². The van der Waals surface area contributed by atoms with Crippen molar-refractivity contribution < 1.29 is 18.7 Å². The second-order valence-electron chi connectivity index (χ2n) is 6.55. The number of fused-ring (bicyclic) bond motifs is 1. The van der Waals surface area contributed by atoms with Gasteiger partial charge in [-0.25, -0.2) is 9.37 Å². The summed E-state index contributed by atoms with van der Waals surface area (Å²) in [7, 11) is 0. The number of hydrogen-bond donors (Lipinski definition) is 0. The molecule has 2 heterocycles. The van der Waals surface area contributed by atoms with E-state index < -0.39 is 5.82 Å². The van der Waals surface area contributed by atoms with Crippen molar-refractivity contribution in [1.82, 2.24) is 9.88 Å². The third-order valence-corrected chi connectivity index (χ3v) is 5.10. The highest BCUT2D eigenvalue weighted by atomic mass is 19.1. The van der Waals surface area contributed by atoms with Gasteiger partial charge in [-0.1, -0.05) is 6.08 Å². The van der Waals surface area contributed by atoms with Gasteiger partial charge < -0.3 is 14.4 Å². The van der Waals surface area contributed by atoms with Crippen LogP contribution in [0.1, 0.15) is 32.1 Å². The van der Waals surface area contributed by atoms with Crippen LogP contribution in [0, 0.1) is 5.82 Å².